The molecule has 1 aliphatic rings. The van der Waals surface area contributed by atoms with Gasteiger partial charge >= 0.3 is 0 Å². The number of hydrogen-bond donors (Lipinski definition) is 1. The van der Waals surface area contributed by atoms with Gasteiger partial charge in [-0.05, 0) is 19.3 Å². The number of carbonyl (C=O) groups excluding carboxylic acids is 2. The molecule has 1 rings (SSSR count). The second-order valence-electron chi connectivity index (χ2n) is 7.18. The highest BCUT2D eigenvalue weighted by Crippen LogP contribution is 2.24. The molecule has 0 aromatic rings. The molecule has 1 aliphatic heterocycles. The van der Waals surface area contributed by atoms with Gasteiger partial charge in [-0.15, -0.1) is 0 Å². The van der Waals surface area contributed by atoms with Gasteiger partial charge in [-0.1, -0.05) is 58.8 Å². The summed E-state index contributed by atoms with van der Waals surface area (Å²) in [4.78, 5) is 25.5. The molecule has 0 aromatic carbocycles. The topological polar surface area (TPSA) is 57.6 Å². The molecule has 132 valence electrons. The van der Waals surface area contributed by atoms with Crippen LogP contribution in [0.1, 0.15) is 78.6 Å². The Morgan fingerprint density at radius 1 is 1.09 bits per heavy atom. The first-order valence-electron chi connectivity index (χ1n) is 9.09. The summed E-state index contributed by atoms with van der Waals surface area (Å²) in [5, 5.41) is 9.93. The van der Waals surface area contributed by atoms with E-state index in [1.165, 1.54) is 37.0 Å². The number of nitrogens with zero attached hydrogens (tertiary/aromatic N) is 1. The average molecular weight is 323 g/mol. The maximum atomic E-state index is 12.1. The fourth-order valence-electron chi connectivity index (χ4n) is 2.96. The van der Waals surface area contributed by atoms with Gasteiger partial charge in [0, 0.05) is 13.5 Å². The molecule has 4 heteroatoms. The molecule has 0 fully saturated rings. The van der Waals surface area contributed by atoms with E-state index in [1.807, 2.05) is 0 Å². The summed E-state index contributed by atoms with van der Waals surface area (Å²) < 4.78 is 0. The zero-order chi connectivity index (χ0) is 17.4. The third kappa shape index (κ3) is 6.00. The van der Waals surface area contributed by atoms with Crippen molar-refractivity contribution in [2.45, 2.75) is 84.6 Å². The lowest BCUT2D eigenvalue weighted by atomic mass is 10.0. The van der Waals surface area contributed by atoms with E-state index < -0.39 is 0 Å². The largest absolute Gasteiger partial charge is 0.509 e. The third-order valence-corrected chi connectivity index (χ3v) is 4.73. The first-order valence-corrected chi connectivity index (χ1v) is 9.09. The number of carbonyl (C=O) groups is 2. The van der Waals surface area contributed by atoms with E-state index in [4.69, 9.17) is 0 Å². The molecule has 1 N–H and O–H groups in total. The van der Waals surface area contributed by atoms with Crippen LogP contribution in [0.4, 0.5) is 0 Å². The summed E-state index contributed by atoms with van der Waals surface area (Å²) in [6.07, 6.45) is 9.74. The van der Waals surface area contributed by atoms with Gasteiger partial charge in [-0.25, -0.2) is 0 Å². The van der Waals surface area contributed by atoms with Crippen LogP contribution in [0, 0.1) is 5.92 Å². The lowest BCUT2D eigenvalue weighted by molar-refractivity contribution is -0.128. The molecule has 0 radical (unpaired) electrons. The molecule has 0 unspecified atom stereocenters. The monoisotopic (exact) mass is 323 g/mol. The van der Waals surface area contributed by atoms with Crippen LogP contribution in [0.25, 0.3) is 0 Å². The Kier molecular flexibility index (Phi) is 8.35. The molecule has 0 saturated carbocycles. The molecule has 1 amide bonds. The quantitative estimate of drug-likeness (QED) is 0.453. The number of amides is 1. The third-order valence-electron chi connectivity index (χ3n) is 4.73. The molecule has 23 heavy (non-hydrogen) atoms. The minimum atomic E-state index is -0.382. The van der Waals surface area contributed by atoms with Crippen molar-refractivity contribution in [3.8, 4) is 0 Å². The van der Waals surface area contributed by atoms with Crippen molar-refractivity contribution in [3.63, 3.8) is 0 Å². The van der Waals surface area contributed by atoms with Gasteiger partial charge in [0.15, 0.2) is 5.78 Å². The number of aliphatic hydroxyl groups excluding tert-OH is 1. The standard InChI is InChI=1S/C19H33NO3/c1-14(2)12-10-8-6-5-7-9-11-13-16(21)17-18(22)15(3)20(4)19(17)23/h14-15,22H,5-13H2,1-4H3/t15-/m1/s1. The van der Waals surface area contributed by atoms with Crippen LogP contribution in [0.3, 0.4) is 0 Å². The Bertz CT molecular complexity index is 440. The Morgan fingerprint density at radius 2 is 1.61 bits per heavy atom. The van der Waals surface area contributed by atoms with Crippen LogP contribution < -0.4 is 0 Å². The van der Waals surface area contributed by atoms with Crippen molar-refractivity contribution in [1.29, 1.82) is 0 Å². The van der Waals surface area contributed by atoms with E-state index in [2.05, 4.69) is 13.8 Å². The van der Waals surface area contributed by atoms with Crippen molar-refractivity contribution in [3.05, 3.63) is 11.3 Å². The van der Waals surface area contributed by atoms with Gasteiger partial charge < -0.3 is 10.0 Å². The first-order chi connectivity index (χ1) is 10.9. The zero-order valence-electron chi connectivity index (χ0n) is 15.2. The lowest BCUT2D eigenvalue weighted by Gasteiger charge is -2.14. The summed E-state index contributed by atoms with van der Waals surface area (Å²) in [5.74, 6) is 0.185. The van der Waals surface area contributed by atoms with E-state index in [9.17, 15) is 14.7 Å². The predicted octanol–water partition coefficient (Wildman–Crippen LogP) is 4.40. The van der Waals surface area contributed by atoms with Gasteiger partial charge in [-0.3, -0.25) is 9.59 Å². The van der Waals surface area contributed by atoms with Crippen LogP contribution in [0.15, 0.2) is 11.3 Å². The van der Waals surface area contributed by atoms with Crippen LogP contribution in [0.5, 0.6) is 0 Å². The number of Topliss-reactive ketones (excluding diaryl/α,β-unsaturated/α-hetero) is 1. The first kappa shape index (κ1) is 19.7. The van der Waals surface area contributed by atoms with Crippen molar-refractivity contribution in [2.75, 3.05) is 7.05 Å². The normalized spacial score (nSPS) is 18.4. The minimum absolute atomic E-state index is 0.00804. The molecule has 0 bridgehead atoms. The molecular formula is C19H33NO3. The molecular weight excluding hydrogens is 290 g/mol. The van der Waals surface area contributed by atoms with Crippen molar-refractivity contribution in [2.24, 2.45) is 5.92 Å². The van der Waals surface area contributed by atoms with Crippen LogP contribution in [-0.4, -0.2) is 34.8 Å². The Hall–Kier alpha value is -1.32. The minimum Gasteiger partial charge on any atom is -0.509 e. The highest BCUT2D eigenvalue weighted by Gasteiger charge is 2.37. The van der Waals surface area contributed by atoms with Crippen molar-refractivity contribution < 1.29 is 14.7 Å². The number of hydrogen-bond acceptors (Lipinski definition) is 3. The second kappa shape index (κ2) is 9.74. The Morgan fingerprint density at radius 3 is 2.09 bits per heavy atom. The average Bonchev–Trinajstić information content (AvgIpc) is 2.69. The van der Waals surface area contributed by atoms with Gasteiger partial charge in [0.2, 0.25) is 0 Å². The number of ketones is 1. The molecule has 1 atom stereocenters. The molecule has 0 spiro atoms. The summed E-state index contributed by atoms with van der Waals surface area (Å²) >= 11 is 0. The summed E-state index contributed by atoms with van der Waals surface area (Å²) in [5.41, 5.74) is 0.00804. The fourth-order valence-corrected chi connectivity index (χ4v) is 2.96. The maximum Gasteiger partial charge on any atom is 0.261 e. The van der Waals surface area contributed by atoms with E-state index >= 15 is 0 Å². The highest BCUT2D eigenvalue weighted by atomic mass is 16.3. The van der Waals surface area contributed by atoms with Crippen LogP contribution in [-0.2, 0) is 9.59 Å². The number of unbranched alkanes of at least 4 members (excludes halogenated alkanes) is 6. The number of rotatable bonds is 11. The summed E-state index contributed by atoms with van der Waals surface area (Å²) in [6, 6.07) is -0.382. The van der Waals surface area contributed by atoms with Gasteiger partial charge in [0.25, 0.3) is 5.91 Å². The second-order valence-corrected chi connectivity index (χ2v) is 7.18. The zero-order valence-corrected chi connectivity index (χ0v) is 15.2. The lowest BCUT2D eigenvalue weighted by Crippen LogP contribution is -2.30. The number of likely N-dealkylation sites (N-methyl/N-ethyl adjacent to an activating group) is 1. The Balaban J connectivity index is 2.15. The summed E-state index contributed by atoms with van der Waals surface area (Å²) in [7, 11) is 1.61. The summed E-state index contributed by atoms with van der Waals surface area (Å²) in [6.45, 7) is 6.25. The highest BCUT2D eigenvalue weighted by molar-refractivity contribution is 6.21. The van der Waals surface area contributed by atoms with Crippen molar-refractivity contribution >= 4 is 11.7 Å². The molecule has 0 aromatic heterocycles. The maximum absolute atomic E-state index is 12.1. The molecule has 0 aliphatic carbocycles. The smallest absolute Gasteiger partial charge is 0.261 e. The SMILES string of the molecule is CC(C)CCCCCCCCCC(=O)C1=C(O)[C@@H](C)N(C)C1=O. The van der Waals surface area contributed by atoms with Crippen LogP contribution >= 0.6 is 0 Å². The fraction of sp³-hybridized carbons (Fsp3) is 0.789. The molecule has 4 nitrogen and oxygen atoms in total. The molecule has 1 heterocycles. The van der Waals surface area contributed by atoms with Crippen LogP contribution in [0.2, 0.25) is 0 Å². The van der Waals surface area contributed by atoms with E-state index in [0.29, 0.717) is 6.42 Å². The van der Waals surface area contributed by atoms with Gasteiger partial charge in [0.1, 0.15) is 11.3 Å². The molecule has 0 saturated heterocycles. The van der Waals surface area contributed by atoms with E-state index in [1.54, 1.807) is 14.0 Å². The van der Waals surface area contributed by atoms with Gasteiger partial charge in [0.05, 0.1) is 6.04 Å². The number of aliphatic hydroxyl groups is 1. The van der Waals surface area contributed by atoms with E-state index in [-0.39, 0.29) is 29.1 Å². The van der Waals surface area contributed by atoms with E-state index in [0.717, 1.165) is 25.2 Å². The Labute approximate surface area is 140 Å². The van der Waals surface area contributed by atoms with Gasteiger partial charge in [-0.2, -0.15) is 0 Å². The predicted molar refractivity (Wildman–Crippen MR) is 93.3 cm³/mol. The van der Waals surface area contributed by atoms with Crippen molar-refractivity contribution in [1.82, 2.24) is 4.90 Å².